The number of para-hydroxylation sites is 2. The SMILES string of the molecule is Cc1c(C(C)C)cc(-c2ccc3c(c2)c2ccccc2n3-c2ccccc2)cc1C(C)C. The number of benzene rings is 4. The van der Waals surface area contributed by atoms with Gasteiger partial charge in [-0.25, -0.2) is 0 Å². The second kappa shape index (κ2) is 7.98. The van der Waals surface area contributed by atoms with Gasteiger partial charge in [0.15, 0.2) is 0 Å². The van der Waals surface area contributed by atoms with E-state index in [4.69, 9.17) is 0 Å². The lowest BCUT2D eigenvalue weighted by molar-refractivity contribution is 0.818. The Labute approximate surface area is 191 Å². The Kier molecular flexibility index (Phi) is 5.13. The highest BCUT2D eigenvalue weighted by molar-refractivity contribution is 6.10. The molecule has 0 atom stereocenters. The van der Waals surface area contributed by atoms with E-state index in [-0.39, 0.29) is 0 Å². The van der Waals surface area contributed by atoms with E-state index in [0.717, 1.165) is 0 Å². The lowest BCUT2D eigenvalue weighted by Gasteiger charge is -2.19. The van der Waals surface area contributed by atoms with Gasteiger partial charge in [-0.15, -0.1) is 0 Å². The number of nitrogens with zero attached hydrogens (tertiary/aromatic N) is 1. The molecule has 0 aliphatic carbocycles. The van der Waals surface area contributed by atoms with Crippen LogP contribution in [0.25, 0.3) is 38.6 Å². The number of hydrogen-bond donors (Lipinski definition) is 0. The highest BCUT2D eigenvalue weighted by Crippen LogP contribution is 2.37. The molecule has 0 aliphatic rings. The van der Waals surface area contributed by atoms with Crippen molar-refractivity contribution in [1.29, 1.82) is 0 Å². The highest BCUT2D eigenvalue weighted by Gasteiger charge is 2.16. The number of hydrogen-bond acceptors (Lipinski definition) is 0. The van der Waals surface area contributed by atoms with Crippen LogP contribution in [0.3, 0.4) is 0 Å². The lowest BCUT2D eigenvalue weighted by atomic mass is 9.86. The molecule has 5 aromatic rings. The zero-order valence-electron chi connectivity index (χ0n) is 19.7. The van der Waals surface area contributed by atoms with Crippen LogP contribution in [0.4, 0.5) is 0 Å². The van der Waals surface area contributed by atoms with Crippen molar-refractivity contribution in [3.05, 3.63) is 102 Å². The molecule has 0 spiro atoms. The molecule has 0 saturated heterocycles. The van der Waals surface area contributed by atoms with Crippen LogP contribution in [0, 0.1) is 6.92 Å². The summed E-state index contributed by atoms with van der Waals surface area (Å²) >= 11 is 0. The van der Waals surface area contributed by atoms with Gasteiger partial charge in [0.05, 0.1) is 11.0 Å². The first-order valence-electron chi connectivity index (χ1n) is 11.7. The van der Waals surface area contributed by atoms with E-state index in [9.17, 15) is 0 Å². The summed E-state index contributed by atoms with van der Waals surface area (Å²) in [5.41, 5.74) is 10.7. The minimum absolute atomic E-state index is 0.510. The predicted octanol–water partition coefficient (Wildman–Crippen LogP) is 9.01. The maximum Gasteiger partial charge on any atom is 0.0541 e. The topological polar surface area (TPSA) is 4.93 Å². The minimum atomic E-state index is 0.510. The summed E-state index contributed by atoms with van der Waals surface area (Å²) in [5.74, 6) is 1.02. The van der Waals surface area contributed by atoms with Gasteiger partial charge in [-0.05, 0) is 76.9 Å². The fraction of sp³-hybridized carbons (Fsp3) is 0.226. The molecule has 1 heterocycles. The van der Waals surface area contributed by atoms with Crippen molar-refractivity contribution in [3.63, 3.8) is 0 Å². The van der Waals surface area contributed by atoms with Gasteiger partial charge in [0.1, 0.15) is 0 Å². The second-order valence-electron chi connectivity index (χ2n) is 9.51. The Morgan fingerprint density at radius 1 is 0.562 bits per heavy atom. The Hall–Kier alpha value is -3.32. The molecule has 0 aliphatic heterocycles. The third kappa shape index (κ3) is 3.33. The Morgan fingerprint density at radius 3 is 1.81 bits per heavy atom. The van der Waals surface area contributed by atoms with Crippen LogP contribution in [0.2, 0.25) is 0 Å². The van der Waals surface area contributed by atoms with Crippen LogP contribution in [-0.2, 0) is 0 Å². The van der Waals surface area contributed by atoms with Crippen LogP contribution >= 0.6 is 0 Å². The lowest BCUT2D eigenvalue weighted by Crippen LogP contribution is -2.00. The fourth-order valence-electron chi connectivity index (χ4n) is 5.13. The molecular formula is C31H31N. The van der Waals surface area contributed by atoms with Crippen LogP contribution in [0.1, 0.15) is 56.2 Å². The van der Waals surface area contributed by atoms with Gasteiger partial charge >= 0.3 is 0 Å². The summed E-state index contributed by atoms with van der Waals surface area (Å²) < 4.78 is 2.38. The van der Waals surface area contributed by atoms with Crippen LogP contribution < -0.4 is 0 Å². The van der Waals surface area contributed by atoms with E-state index in [1.54, 1.807) is 0 Å². The quantitative estimate of drug-likeness (QED) is 0.275. The first-order valence-corrected chi connectivity index (χ1v) is 11.7. The average molecular weight is 418 g/mol. The van der Waals surface area contributed by atoms with Crippen molar-refractivity contribution >= 4 is 21.8 Å². The third-order valence-corrected chi connectivity index (χ3v) is 6.75. The number of rotatable bonds is 4. The van der Waals surface area contributed by atoms with E-state index >= 15 is 0 Å². The summed E-state index contributed by atoms with van der Waals surface area (Å²) in [5, 5.41) is 2.60. The fourth-order valence-corrected chi connectivity index (χ4v) is 5.13. The summed E-state index contributed by atoms with van der Waals surface area (Å²) in [6.07, 6.45) is 0. The molecule has 0 saturated carbocycles. The van der Waals surface area contributed by atoms with Crippen molar-refractivity contribution in [2.45, 2.75) is 46.5 Å². The number of fused-ring (bicyclic) bond motifs is 3. The maximum absolute atomic E-state index is 2.41. The van der Waals surface area contributed by atoms with Crippen molar-refractivity contribution in [2.75, 3.05) is 0 Å². The van der Waals surface area contributed by atoms with Crippen LogP contribution in [-0.4, -0.2) is 4.57 Å². The van der Waals surface area contributed by atoms with Crippen molar-refractivity contribution in [3.8, 4) is 16.8 Å². The molecule has 1 nitrogen and oxygen atoms in total. The molecule has 1 heteroatoms. The molecule has 160 valence electrons. The second-order valence-corrected chi connectivity index (χ2v) is 9.51. The largest absolute Gasteiger partial charge is 0.309 e. The van der Waals surface area contributed by atoms with E-state index in [2.05, 4.69) is 124 Å². The summed E-state index contributed by atoms with van der Waals surface area (Å²) in [6, 6.07) is 31.2. The van der Waals surface area contributed by atoms with E-state index < -0.39 is 0 Å². The van der Waals surface area contributed by atoms with Crippen molar-refractivity contribution in [1.82, 2.24) is 4.57 Å². The number of aromatic nitrogens is 1. The first kappa shape index (κ1) is 20.6. The zero-order valence-corrected chi connectivity index (χ0v) is 19.7. The third-order valence-electron chi connectivity index (χ3n) is 6.75. The van der Waals surface area contributed by atoms with Gasteiger partial charge in [0, 0.05) is 16.5 Å². The van der Waals surface area contributed by atoms with Gasteiger partial charge in [-0.1, -0.05) is 82.3 Å². The zero-order chi connectivity index (χ0) is 22.4. The normalized spacial score (nSPS) is 11.8. The molecule has 0 fully saturated rings. The van der Waals surface area contributed by atoms with Gasteiger partial charge < -0.3 is 4.57 Å². The van der Waals surface area contributed by atoms with Gasteiger partial charge in [-0.2, -0.15) is 0 Å². The Bertz CT molecular complexity index is 1390. The Balaban J connectivity index is 1.78. The average Bonchev–Trinajstić information content (AvgIpc) is 3.13. The smallest absolute Gasteiger partial charge is 0.0541 e. The molecule has 0 unspecified atom stereocenters. The minimum Gasteiger partial charge on any atom is -0.309 e. The molecule has 0 bridgehead atoms. The van der Waals surface area contributed by atoms with Gasteiger partial charge in [0.2, 0.25) is 0 Å². The monoisotopic (exact) mass is 417 g/mol. The van der Waals surface area contributed by atoms with E-state index in [1.165, 1.54) is 55.3 Å². The molecule has 5 rings (SSSR count). The molecule has 1 aromatic heterocycles. The summed E-state index contributed by atoms with van der Waals surface area (Å²) in [4.78, 5) is 0. The van der Waals surface area contributed by atoms with Crippen LogP contribution in [0.15, 0.2) is 84.9 Å². The highest BCUT2D eigenvalue weighted by atomic mass is 15.0. The standard InChI is InChI=1S/C31H31N/c1-20(2)27-18-24(19-28(21(3)4)22(27)5)23-15-16-31-29(17-23)26-13-9-10-14-30(26)32(31)25-11-7-6-8-12-25/h6-21H,1-5H3. The predicted molar refractivity (Wildman–Crippen MR) is 139 cm³/mol. The molecule has 4 aromatic carbocycles. The summed E-state index contributed by atoms with van der Waals surface area (Å²) in [7, 11) is 0. The maximum atomic E-state index is 2.41. The first-order chi connectivity index (χ1) is 15.5. The Morgan fingerprint density at radius 2 is 1.16 bits per heavy atom. The molecule has 32 heavy (non-hydrogen) atoms. The molecule has 0 amide bonds. The van der Waals surface area contributed by atoms with Gasteiger partial charge in [-0.3, -0.25) is 0 Å². The molecular weight excluding hydrogens is 386 g/mol. The molecule has 0 radical (unpaired) electrons. The van der Waals surface area contributed by atoms with Crippen molar-refractivity contribution < 1.29 is 0 Å². The van der Waals surface area contributed by atoms with Gasteiger partial charge in [0.25, 0.3) is 0 Å². The van der Waals surface area contributed by atoms with Crippen LogP contribution in [0.5, 0.6) is 0 Å². The summed E-state index contributed by atoms with van der Waals surface area (Å²) in [6.45, 7) is 11.5. The van der Waals surface area contributed by atoms with E-state index in [1.807, 2.05) is 0 Å². The van der Waals surface area contributed by atoms with Crippen molar-refractivity contribution in [2.24, 2.45) is 0 Å². The molecule has 0 N–H and O–H groups in total. The van der Waals surface area contributed by atoms with E-state index in [0.29, 0.717) is 11.8 Å².